The number of benzene rings is 4. The number of hydrogen-bond acceptors (Lipinski definition) is 12. The summed E-state index contributed by atoms with van der Waals surface area (Å²) in [5, 5.41) is 5.04. The van der Waals surface area contributed by atoms with Crippen LogP contribution in [0, 0.1) is 22.7 Å². The SMILES string of the molecule is CC(C)C(Cl)OC(=O)C(C)(C)C.COC(=O)Nc1nc2cc(C(=O)c3ccccc3)ccc2n1C(OC(=O)C(C)(C)C)C(C)C.COC(=O)Nc1nc2ccc(C(=O)c3ccccc3)cc2[nH]1. The number of H-pyrrole nitrogens is 1. The number of fused-ring (bicyclic) bond motifs is 2. The number of nitrogens with one attached hydrogen (secondary N) is 3. The number of carbonyl (C=O) groups excluding carboxylic acids is 6. The van der Waals surface area contributed by atoms with Crippen LogP contribution in [0.3, 0.4) is 0 Å². The number of hydrogen-bond donors (Lipinski definition) is 3. The molecule has 16 nitrogen and oxygen atoms in total. The van der Waals surface area contributed by atoms with Crippen molar-refractivity contribution < 1.29 is 47.7 Å². The third kappa shape index (κ3) is 14.5. The molecule has 2 heterocycles. The van der Waals surface area contributed by atoms with Gasteiger partial charge in [0.05, 0.1) is 47.1 Å². The molecular weight excluding hydrogens is 880 g/mol. The highest BCUT2D eigenvalue weighted by molar-refractivity contribution is 6.20. The first-order chi connectivity index (χ1) is 31.4. The Morgan fingerprint density at radius 2 is 1.09 bits per heavy atom. The Bertz CT molecular complexity index is 2680. The van der Waals surface area contributed by atoms with E-state index in [0.29, 0.717) is 44.3 Å². The van der Waals surface area contributed by atoms with Gasteiger partial charge in [0.15, 0.2) is 23.4 Å². The molecule has 17 heteroatoms. The second-order valence-corrected chi connectivity index (χ2v) is 18.4. The third-order valence-electron chi connectivity index (χ3n) is 9.59. The summed E-state index contributed by atoms with van der Waals surface area (Å²) in [7, 11) is 2.52. The number of nitrogens with zero attached hydrogens (tertiary/aromatic N) is 3. The summed E-state index contributed by atoms with van der Waals surface area (Å²) in [5.41, 5.74) is 2.87. The molecule has 0 aliphatic rings. The zero-order valence-electron chi connectivity index (χ0n) is 39.8. The van der Waals surface area contributed by atoms with E-state index in [9.17, 15) is 28.8 Å². The number of aromatic nitrogens is 4. The highest BCUT2D eigenvalue weighted by Gasteiger charge is 2.32. The first-order valence-electron chi connectivity index (χ1n) is 21.4. The molecule has 0 aliphatic carbocycles. The maximum Gasteiger partial charge on any atom is 0.413 e. The molecule has 3 N–H and O–H groups in total. The molecule has 2 aromatic heterocycles. The van der Waals surface area contributed by atoms with Crippen molar-refractivity contribution >= 4 is 81.3 Å². The van der Waals surface area contributed by atoms with Crippen LogP contribution in [-0.2, 0) is 28.5 Å². The highest BCUT2D eigenvalue weighted by Crippen LogP contribution is 2.33. The van der Waals surface area contributed by atoms with E-state index in [0.717, 1.165) is 0 Å². The molecule has 0 radical (unpaired) electrons. The maximum atomic E-state index is 12.9. The molecule has 0 saturated heterocycles. The summed E-state index contributed by atoms with van der Waals surface area (Å²) in [6, 6.07) is 28.2. The van der Waals surface area contributed by atoms with Crippen molar-refractivity contribution in [3.05, 3.63) is 119 Å². The van der Waals surface area contributed by atoms with Crippen molar-refractivity contribution in [3.8, 4) is 0 Å². The van der Waals surface area contributed by atoms with Crippen LogP contribution in [0.5, 0.6) is 0 Å². The Morgan fingerprint density at radius 3 is 1.58 bits per heavy atom. The molecule has 0 saturated carbocycles. The van der Waals surface area contributed by atoms with Gasteiger partial charge in [-0.1, -0.05) is 100.0 Å². The lowest BCUT2D eigenvalue weighted by Crippen LogP contribution is -2.30. The van der Waals surface area contributed by atoms with Crippen molar-refractivity contribution in [2.24, 2.45) is 22.7 Å². The van der Waals surface area contributed by atoms with Gasteiger partial charge in [-0.25, -0.2) is 19.6 Å². The monoisotopic (exact) mass is 938 g/mol. The van der Waals surface area contributed by atoms with Crippen LogP contribution in [0.4, 0.5) is 21.5 Å². The van der Waals surface area contributed by atoms with Crippen LogP contribution in [0.25, 0.3) is 22.1 Å². The minimum absolute atomic E-state index is 0.0698. The average molecular weight is 940 g/mol. The number of methoxy groups -OCH3 is 2. The number of ketones is 2. The Labute approximate surface area is 395 Å². The van der Waals surface area contributed by atoms with Gasteiger partial charge in [-0.05, 0) is 77.9 Å². The van der Waals surface area contributed by atoms with E-state index in [4.69, 9.17) is 25.8 Å². The Hall–Kier alpha value is -7.07. The second kappa shape index (κ2) is 22.9. The van der Waals surface area contributed by atoms with Crippen LogP contribution in [0.15, 0.2) is 97.1 Å². The summed E-state index contributed by atoms with van der Waals surface area (Å²) < 4.78 is 21.8. The van der Waals surface area contributed by atoms with Crippen molar-refractivity contribution in [1.29, 1.82) is 0 Å². The molecule has 6 aromatic rings. The minimum Gasteiger partial charge on any atom is -0.453 e. The van der Waals surface area contributed by atoms with E-state index in [1.54, 1.807) is 119 Å². The zero-order valence-corrected chi connectivity index (χ0v) is 40.6. The van der Waals surface area contributed by atoms with Gasteiger partial charge >= 0.3 is 24.1 Å². The Balaban J connectivity index is 0.000000247. The minimum atomic E-state index is -0.746. The number of imidazole rings is 2. The van der Waals surface area contributed by atoms with Crippen molar-refractivity contribution in [1.82, 2.24) is 19.5 Å². The van der Waals surface area contributed by atoms with Gasteiger partial charge in [-0.2, -0.15) is 0 Å². The third-order valence-corrected chi connectivity index (χ3v) is 10.2. The molecular formula is C50H59ClN6O10. The molecule has 2 atom stereocenters. The number of esters is 2. The van der Waals surface area contributed by atoms with E-state index in [2.05, 4.69) is 30.3 Å². The van der Waals surface area contributed by atoms with Gasteiger partial charge in [0.25, 0.3) is 0 Å². The van der Waals surface area contributed by atoms with Gasteiger partial charge in [-0.3, -0.25) is 34.4 Å². The fraction of sp³-hybridized carbons (Fsp3) is 0.360. The van der Waals surface area contributed by atoms with Crippen molar-refractivity contribution in [2.75, 3.05) is 24.9 Å². The predicted octanol–water partition coefficient (Wildman–Crippen LogP) is 11.0. The number of halogens is 1. The molecule has 4 aromatic carbocycles. The molecule has 356 valence electrons. The highest BCUT2D eigenvalue weighted by atomic mass is 35.5. The first kappa shape index (κ1) is 52.6. The Kier molecular flexibility index (Phi) is 18.0. The fourth-order valence-corrected chi connectivity index (χ4v) is 5.87. The summed E-state index contributed by atoms with van der Waals surface area (Å²) in [6.07, 6.45) is -2.07. The summed E-state index contributed by atoms with van der Waals surface area (Å²) in [4.78, 5) is 84.1. The molecule has 2 amide bonds. The van der Waals surface area contributed by atoms with Crippen LogP contribution < -0.4 is 10.6 Å². The number of aromatic amines is 1. The van der Waals surface area contributed by atoms with Crippen molar-refractivity contribution in [3.63, 3.8) is 0 Å². The smallest absolute Gasteiger partial charge is 0.413 e. The van der Waals surface area contributed by atoms with E-state index in [-0.39, 0.29) is 47.2 Å². The molecule has 2 unspecified atom stereocenters. The normalized spacial score (nSPS) is 12.2. The molecule has 0 bridgehead atoms. The zero-order chi connectivity index (χ0) is 49.8. The quantitative estimate of drug-likeness (QED) is 0.0479. The summed E-state index contributed by atoms with van der Waals surface area (Å²) in [5.74, 6) is -0.420. The van der Waals surface area contributed by atoms with Crippen LogP contribution >= 0.6 is 11.6 Å². The largest absolute Gasteiger partial charge is 0.453 e. The van der Waals surface area contributed by atoms with Gasteiger partial charge in [0.1, 0.15) is 0 Å². The number of anilines is 2. The molecule has 67 heavy (non-hydrogen) atoms. The number of alkyl halides is 1. The number of amides is 2. The molecule has 0 spiro atoms. The van der Waals surface area contributed by atoms with Crippen molar-refractivity contribution in [2.45, 2.75) is 81.0 Å². The van der Waals surface area contributed by atoms with E-state index >= 15 is 0 Å². The predicted molar refractivity (Wildman–Crippen MR) is 257 cm³/mol. The summed E-state index contributed by atoms with van der Waals surface area (Å²) >= 11 is 5.77. The number of carbonyl (C=O) groups is 6. The number of ether oxygens (including phenoxy) is 4. The average Bonchev–Trinajstić information content (AvgIpc) is 3.86. The lowest BCUT2D eigenvalue weighted by Gasteiger charge is -2.28. The first-order valence-corrected chi connectivity index (χ1v) is 21.9. The van der Waals surface area contributed by atoms with Gasteiger partial charge in [0.2, 0.25) is 11.9 Å². The van der Waals surface area contributed by atoms with E-state index in [1.807, 2.05) is 52.0 Å². The van der Waals surface area contributed by atoms with Crippen LogP contribution in [-0.4, -0.2) is 75.0 Å². The van der Waals surface area contributed by atoms with Crippen LogP contribution in [0.2, 0.25) is 0 Å². The second-order valence-electron chi connectivity index (χ2n) is 18.0. The molecule has 0 fully saturated rings. The van der Waals surface area contributed by atoms with Gasteiger partial charge in [0, 0.05) is 34.1 Å². The van der Waals surface area contributed by atoms with E-state index in [1.165, 1.54) is 14.2 Å². The fourth-order valence-electron chi connectivity index (χ4n) is 5.79. The lowest BCUT2D eigenvalue weighted by atomic mass is 9.97. The number of rotatable bonds is 11. The lowest BCUT2D eigenvalue weighted by molar-refractivity contribution is -0.166. The summed E-state index contributed by atoms with van der Waals surface area (Å²) in [6.45, 7) is 18.4. The molecule has 6 rings (SSSR count). The maximum absolute atomic E-state index is 12.9. The van der Waals surface area contributed by atoms with Gasteiger partial charge in [-0.15, -0.1) is 0 Å². The topological polar surface area (TPSA) is 210 Å². The van der Waals surface area contributed by atoms with E-state index < -0.39 is 34.8 Å². The van der Waals surface area contributed by atoms with Gasteiger partial charge < -0.3 is 23.9 Å². The molecule has 0 aliphatic heterocycles. The standard InChI is InChI=1S/C25H29N3O5.C16H13N3O3.C9H17ClO2/c1-15(2)21(33-22(30)25(3,4)5)28-19-13-12-17(20(29)16-10-8-7-9-11-16)14-18(19)26-23(28)27-24(31)32-6;1-22-16(21)19-15-17-12-8-7-11(9-13(12)18-15)14(20)10-5-3-2-4-6-10;1-6(2)7(10)12-8(11)9(3,4)5/h7-15,21H,1-6H3,(H,26,27,31);2-9H,1H3,(H2,17,18,19,21);6-7H,1-5H3. The van der Waals surface area contributed by atoms with Crippen LogP contribution in [0.1, 0.15) is 107 Å². The Morgan fingerprint density at radius 1 is 0.597 bits per heavy atom.